The third kappa shape index (κ3) is 4.07. The zero-order valence-corrected chi connectivity index (χ0v) is 12.6. The minimum atomic E-state index is -0.479. The third-order valence-electron chi connectivity index (χ3n) is 3.45. The zero-order chi connectivity index (χ0) is 15.9. The summed E-state index contributed by atoms with van der Waals surface area (Å²) in [6.07, 6.45) is 2.29. The fourth-order valence-corrected chi connectivity index (χ4v) is 2.37. The second-order valence-electron chi connectivity index (χ2n) is 5.09. The summed E-state index contributed by atoms with van der Waals surface area (Å²) in [7, 11) is 0. The Balaban J connectivity index is 2.02. The van der Waals surface area contributed by atoms with E-state index >= 15 is 0 Å². The largest absolute Gasteiger partial charge is 0.462 e. The van der Waals surface area contributed by atoms with Crippen LogP contribution in [-0.4, -0.2) is 42.4 Å². The van der Waals surface area contributed by atoms with Gasteiger partial charge >= 0.3 is 5.97 Å². The second-order valence-corrected chi connectivity index (χ2v) is 5.09. The summed E-state index contributed by atoms with van der Waals surface area (Å²) in [6, 6.07) is 6.67. The molecule has 1 saturated heterocycles. The third-order valence-corrected chi connectivity index (χ3v) is 3.45. The molecule has 1 aromatic carbocycles. The molecule has 1 aliphatic rings. The first kappa shape index (κ1) is 16.0. The van der Waals surface area contributed by atoms with Crippen molar-refractivity contribution in [2.24, 2.45) is 0 Å². The number of amides is 2. The topological polar surface area (TPSA) is 75.7 Å². The van der Waals surface area contributed by atoms with Crippen LogP contribution in [0.1, 0.15) is 36.5 Å². The lowest BCUT2D eigenvalue weighted by Crippen LogP contribution is -2.40. The predicted octanol–water partition coefficient (Wildman–Crippen LogP) is 1.81. The molecule has 2 amide bonds. The maximum atomic E-state index is 12.1. The highest BCUT2D eigenvalue weighted by molar-refractivity contribution is 6.02. The molecule has 2 rings (SSSR count). The van der Waals surface area contributed by atoms with Gasteiger partial charge in [-0.25, -0.2) is 4.79 Å². The van der Waals surface area contributed by atoms with Gasteiger partial charge in [0.25, 0.3) is 0 Å². The Kier molecular flexibility index (Phi) is 5.52. The molecular weight excluding hydrogens is 284 g/mol. The Labute approximate surface area is 129 Å². The molecule has 6 nitrogen and oxygen atoms in total. The van der Waals surface area contributed by atoms with Gasteiger partial charge in [-0.3, -0.25) is 9.59 Å². The van der Waals surface area contributed by atoms with E-state index in [0.29, 0.717) is 24.2 Å². The molecule has 1 heterocycles. The van der Waals surface area contributed by atoms with Crippen LogP contribution in [0.2, 0.25) is 0 Å². The highest BCUT2D eigenvalue weighted by Gasteiger charge is 2.21. The van der Waals surface area contributed by atoms with Gasteiger partial charge in [0.05, 0.1) is 24.4 Å². The number of rotatable bonds is 5. The van der Waals surface area contributed by atoms with Gasteiger partial charge in [-0.15, -0.1) is 0 Å². The summed E-state index contributed by atoms with van der Waals surface area (Å²) in [4.78, 5) is 37.2. The van der Waals surface area contributed by atoms with Crippen molar-refractivity contribution in [3.8, 4) is 0 Å². The van der Waals surface area contributed by atoms with Crippen molar-refractivity contribution >= 4 is 23.5 Å². The molecule has 118 valence electrons. The minimum Gasteiger partial charge on any atom is -0.462 e. The van der Waals surface area contributed by atoms with Crippen molar-refractivity contribution in [3.63, 3.8) is 0 Å². The Morgan fingerprint density at radius 3 is 2.77 bits per heavy atom. The number of carbonyl (C=O) groups is 3. The van der Waals surface area contributed by atoms with E-state index in [1.807, 2.05) is 0 Å². The first-order chi connectivity index (χ1) is 10.6. The number of piperidine rings is 1. The molecule has 1 aliphatic heterocycles. The first-order valence-corrected chi connectivity index (χ1v) is 7.45. The molecule has 6 heteroatoms. The van der Waals surface area contributed by atoms with Crippen molar-refractivity contribution in [2.75, 3.05) is 25.0 Å². The lowest BCUT2D eigenvalue weighted by molar-refractivity contribution is -0.136. The molecule has 1 aromatic rings. The van der Waals surface area contributed by atoms with Gasteiger partial charge in [-0.05, 0) is 31.9 Å². The number of hydrogen-bond donors (Lipinski definition) is 1. The second kappa shape index (κ2) is 7.59. The molecule has 1 fully saturated rings. The van der Waals surface area contributed by atoms with Gasteiger partial charge < -0.3 is 15.0 Å². The van der Waals surface area contributed by atoms with Crippen molar-refractivity contribution in [2.45, 2.75) is 26.2 Å². The zero-order valence-electron chi connectivity index (χ0n) is 12.6. The molecule has 0 spiro atoms. The number of carbonyl (C=O) groups excluding carboxylic acids is 3. The fourth-order valence-electron chi connectivity index (χ4n) is 2.37. The maximum Gasteiger partial charge on any atom is 0.340 e. The molecule has 0 unspecified atom stereocenters. The van der Waals surface area contributed by atoms with E-state index in [1.165, 1.54) is 0 Å². The summed E-state index contributed by atoms with van der Waals surface area (Å²) in [5.41, 5.74) is 0.707. The van der Waals surface area contributed by atoms with E-state index < -0.39 is 5.97 Å². The van der Waals surface area contributed by atoms with Gasteiger partial charge in [0, 0.05) is 13.0 Å². The average Bonchev–Trinajstić information content (AvgIpc) is 2.50. The van der Waals surface area contributed by atoms with Crippen LogP contribution in [-0.2, 0) is 14.3 Å². The van der Waals surface area contributed by atoms with E-state index in [9.17, 15) is 14.4 Å². The number of likely N-dealkylation sites (tertiary alicyclic amines) is 1. The van der Waals surface area contributed by atoms with Crippen LogP contribution < -0.4 is 5.32 Å². The van der Waals surface area contributed by atoms with E-state index in [4.69, 9.17) is 4.74 Å². The molecule has 22 heavy (non-hydrogen) atoms. The van der Waals surface area contributed by atoms with E-state index in [-0.39, 0.29) is 25.0 Å². The van der Waals surface area contributed by atoms with Crippen molar-refractivity contribution in [1.29, 1.82) is 0 Å². The normalized spacial score (nSPS) is 14.6. The van der Waals surface area contributed by atoms with Crippen molar-refractivity contribution < 1.29 is 19.1 Å². The number of benzene rings is 1. The summed E-state index contributed by atoms with van der Waals surface area (Å²) in [6.45, 7) is 2.60. The van der Waals surface area contributed by atoms with Crippen LogP contribution in [0.25, 0.3) is 0 Å². The molecular formula is C16H20N2O4. The van der Waals surface area contributed by atoms with E-state index in [1.54, 1.807) is 36.1 Å². The minimum absolute atomic E-state index is 0.0000721. The summed E-state index contributed by atoms with van der Waals surface area (Å²) >= 11 is 0. The number of ether oxygens (including phenoxy) is 1. The summed E-state index contributed by atoms with van der Waals surface area (Å²) in [5, 5.41) is 2.68. The lowest BCUT2D eigenvalue weighted by atomic mass is 10.1. The summed E-state index contributed by atoms with van der Waals surface area (Å²) < 4.78 is 4.96. The number of nitrogens with one attached hydrogen (secondary N) is 1. The molecule has 0 radical (unpaired) electrons. The number of esters is 1. The predicted molar refractivity (Wildman–Crippen MR) is 81.5 cm³/mol. The Hall–Kier alpha value is -2.37. The number of nitrogens with zero attached hydrogens (tertiary/aromatic N) is 1. The summed E-state index contributed by atoms with van der Waals surface area (Å²) in [5.74, 6) is -0.792. The molecule has 0 aromatic heterocycles. The van der Waals surface area contributed by atoms with Crippen LogP contribution in [0.15, 0.2) is 24.3 Å². The molecule has 0 atom stereocenters. The van der Waals surface area contributed by atoms with Crippen LogP contribution >= 0.6 is 0 Å². The van der Waals surface area contributed by atoms with Crippen molar-refractivity contribution in [1.82, 2.24) is 4.90 Å². The average molecular weight is 304 g/mol. The van der Waals surface area contributed by atoms with Crippen molar-refractivity contribution in [3.05, 3.63) is 29.8 Å². The maximum absolute atomic E-state index is 12.1. The lowest BCUT2D eigenvalue weighted by Gasteiger charge is -2.26. The highest BCUT2D eigenvalue weighted by Crippen LogP contribution is 2.17. The van der Waals surface area contributed by atoms with Crippen LogP contribution in [0.5, 0.6) is 0 Å². The fraction of sp³-hybridized carbons (Fsp3) is 0.438. The number of hydrogen-bond acceptors (Lipinski definition) is 4. The SMILES string of the molecule is CCOC(=O)c1ccccc1NC(=O)CN1CCCCC1=O. The first-order valence-electron chi connectivity index (χ1n) is 7.45. The van der Waals surface area contributed by atoms with E-state index in [0.717, 1.165) is 12.8 Å². The van der Waals surface area contributed by atoms with Gasteiger partial charge in [-0.1, -0.05) is 12.1 Å². The number of para-hydroxylation sites is 1. The molecule has 0 saturated carbocycles. The quantitative estimate of drug-likeness (QED) is 0.842. The Morgan fingerprint density at radius 1 is 1.27 bits per heavy atom. The van der Waals surface area contributed by atoms with Gasteiger partial charge in [-0.2, -0.15) is 0 Å². The van der Waals surface area contributed by atoms with Gasteiger partial charge in [0.15, 0.2) is 0 Å². The van der Waals surface area contributed by atoms with Gasteiger partial charge in [0.1, 0.15) is 0 Å². The number of anilines is 1. The molecule has 1 N–H and O–H groups in total. The Bertz CT molecular complexity index is 571. The molecule has 0 aliphatic carbocycles. The molecule has 0 bridgehead atoms. The van der Waals surface area contributed by atoms with Gasteiger partial charge in [0.2, 0.25) is 11.8 Å². The monoisotopic (exact) mass is 304 g/mol. The van der Waals surface area contributed by atoms with Crippen LogP contribution in [0.4, 0.5) is 5.69 Å². The smallest absolute Gasteiger partial charge is 0.340 e. The standard InChI is InChI=1S/C16H20N2O4/c1-2-22-16(21)12-7-3-4-8-13(12)17-14(19)11-18-10-6-5-9-15(18)20/h3-4,7-8H,2,5-6,9-11H2,1H3,(H,17,19). The Morgan fingerprint density at radius 2 is 2.05 bits per heavy atom. The van der Waals surface area contributed by atoms with Crippen LogP contribution in [0, 0.1) is 0 Å². The van der Waals surface area contributed by atoms with E-state index in [2.05, 4.69) is 5.32 Å². The highest BCUT2D eigenvalue weighted by atomic mass is 16.5. The van der Waals surface area contributed by atoms with Crippen LogP contribution in [0.3, 0.4) is 0 Å².